The molecule has 0 spiro atoms. The van der Waals surface area contributed by atoms with Crippen molar-refractivity contribution in [1.29, 1.82) is 0 Å². The molecule has 2 heteroatoms. The molecule has 1 N–H and O–H groups in total. The summed E-state index contributed by atoms with van der Waals surface area (Å²) in [5.41, 5.74) is 3.52. The van der Waals surface area contributed by atoms with E-state index in [1.807, 2.05) is 12.1 Å². The second kappa shape index (κ2) is 5.53. The van der Waals surface area contributed by atoms with Crippen molar-refractivity contribution >= 4 is 11.4 Å². The number of rotatable bonds is 3. The minimum Gasteiger partial charge on any atom is -0.355 e. The van der Waals surface area contributed by atoms with Gasteiger partial charge in [0, 0.05) is 29.7 Å². The molecule has 1 heterocycles. The number of hydrogen-bond donors (Lipinski definition) is 1. The maximum atomic E-state index is 4.01. The summed E-state index contributed by atoms with van der Waals surface area (Å²) in [4.78, 5) is 4.01. The van der Waals surface area contributed by atoms with Crippen LogP contribution in [0.4, 0.5) is 11.4 Å². The predicted octanol–water partition coefficient (Wildman–Crippen LogP) is 4.42. The van der Waals surface area contributed by atoms with Crippen molar-refractivity contribution in [2.75, 3.05) is 5.32 Å². The van der Waals surface area contributed by atoms with Crippen molar-refractivity contribution in [2.24, 2.45) is 0 Å². The Balaban J connectivity index is 1.72. The lowest BCUT2D eigenvalue weighted by molar-refractivity contribution is 0.854. The molecule has 1 unspecified atom stereocenters. The van der Waals surface area contributed by atoms with Gasteiger partial charge in [-0.2, -0.15) is 0 Å². The van der Waals surface area contributed by atoms with Gasteiger partial charge in [-0.25, -0.2) is 0 Å². The van der Waals surface area contributed by atoms with E-state index in [1.165, 1.54) is 5.56 Å². The van der Waals surface area contributed by atoms with Gasteiger partial charge in [-0.15, -0.1) is 0 Å². The summed E-state index contributed by atoms with van der Waals surface area (Å²) in [5.74, 6) is 0.514. The van der Waals surface area contributed by atoms with Crippen LogP contribution in [0.5, 0.6) is 0 Å². The van der Waals surface area contributed by atoms with E-state index in [0.29, 0.717) is 5.92 Å². The lowest BCUT2D eigenvalue weighted by atomic mass is 9.92. The molecule has 0 amide bonds. The molecule has 94 valence electrons. The third-order valence-electron chi connectivity index (χ3n) is 3.29. The van der Waals surface area contributed by atoms with Crippen molar-refractivity contribution < 1.29 is 0 Å². The second-order valence-electron chi connectivity index (χ2n) is 4.64. The van der Waals surface area contributed by atoms with Gasteiger partial charge in [0.15, 0.2) is 0 Å². The monoisotopic (exact) mass is 248 g/mol. The fraction of sp³-hybridized carbons (Fsp3) is 0.118. The van der Waals surface area contributed by atoms with Gasteiger partial charge in [-0.3, -0.25) is 4.98 Å². The van der Waals surface area contributed by atoms with Gasteiger partial charge in [-0.1, -0.05) is 36.4 Å². The molecule has 19 heavy (non-hydrogen) atoms. The Kier molecular flexibility index (Phi) is 3.41. The van der Waals surface area contributed by atoms with Crippen LogP contribution in [0.15, 0.2) is 73.1 Å². The average Bonchev–Trinajstić information content (AvgIpc) is 2.50. The maximum Gasteiger partial charge on any atom is 0.0415 e. The Bertz CT molecular complexity index is 582. The van der Waals surface area contributed by atoms with Crippen molar-refractivity contribution in [1.82, 2.24) is 4.98 Å². The van der Waals surface area contributed by atoms with Crippen LogP contribution in [0.25, 0.3) is 0 Å². The zero-order chi connectivity index (χ0) is 12.9. The highest BCUT2D eigenvalue weighted by Gasteiger charge is 2.07. The smallest absolute Gasteiger partial charge is 0.0415 e. The van der Waals surface area contributed by atoms with E-state index in [9.17, 15) is 0 Å². The lowest BCUT2D eigenvalue weighted by Crippen LogP contribution is -1.97. The Morgan fingerprint density at radius 1 is 0.895 bits per heavy atom. The molecule has 0 bridgehead atoms. The lowest BCUT2D eigenvalue weighted by Gasteiger charge is -2.14. The first-order chi connectivity index (χ1) is 9.42. The zero-order valence-electron chi connectivity index (χ0n) is 10.7. The van der Waals surface area contributed by atoms with Gasteiger partial charge < -0.3 is 5.32 Å². The van der Waals surface area contributed by atoms with Crippen LogP contribution in [-0.4, -0.2) is 4.98 Å². The molecule has 2 aromatic rings. The molecule has 1 aromatic carbocycles. The van der Waals surface area contributed by atoms with E-state index in [1.54, 1.807) is 12.4 Å². The van der Waals surface area contributed by atoms with Gasteiger partial charge in [0.1, 0.15) is 0 Å². The Labute approximate surface area is 113 Å². The van der Waals surface area contributed by atoms with E-state index in [2.05, 4.69) is 58.9 Å². The van der Waals surface area contributed by atoms with Gasteiger partial charge in [0.2, 0.25) is 0 Å². The SMILES string of the molecule is C1=CCC(c2ccc(Nc3ccncc3)cc2)C=C1. The molecule has 0 saturated heterocycles. The number of pyridine rings is 1. The first-order valence-electron chi connectivity index (χ1n) is 6.52. The molecule has 3 rings (SSSR count). The van der Waals surface area contributed by atoms with Crippen molar-refractivity contribution in [3.05, 3.63) is 78.7 Å². The van der Waals surface area contributed by atoms with Crippen LogP contribution >= 0.6 is 0 Å². The molecule has 2 nitrogen and oxygen atoms in total. The summed E-state index contributed by atoms with van der Waals surface area (Å²) in [6.45, 7) is 0. The third kappa shape index (κ3) is 2.91. The van der Waals surface area contributed by atoms with E-state index in [4.69, 9.17) is 0 Å². The highest BCUT2D eigenvalue weighted by Crippen LogP contribution is 2.26. The standard InChI is InChI=1S/C17H16N2/c1-2-4-14(5-3-1)15-6-8-16(9-7-15)19-17-10-12-18-13-11-17/h1-4,6-14H,5H2,(H,18,19). The van der Waals surface area contributed by atoms with Crippen molar-refractivity contribution in [3.63, 3.8) is 0 Å². The van der Waals surface area contributed by atoms with E-state index >= 15 is 0 Å². The quantitative estimate of drug-likeness (QED) is 0.869. The molecular formula is C17H16N2. The maximum absolute atomic E-state index is 4.01. The van der Waals surface area contributed by atoms with Crippen molar-refractivity contribution in [2.45, 2.75) is 12.3 Å². The fourth-order valence-electron chi connectivity index (χ4n) is 2.24. The normalized spacial score (nSPS) is 17.4. The number of aromatic nitrogens is 1. The van der Waals surface area contributed by atoms with E-state index in [-0.39, 0.29) is 0 Å². The fourth-order valence-corrected chi connectivity index (χ4v) is 2.24. The number of allylic oxidation sites excluding steroid dienone is 4. The molecule has 1 aromatic heterocycles. The summed E-state index contributed by atoms with van der Waals surface area (Å²) in [6, 6.07) is 12.6. The zero-order valence-corrected chi connectivity index (χ0v) is 10.7. The summed E-state index contributed by atoms with van der Waals surface area (Å²) in [7, 11) is 0. The Hall–Kier alpha value is -2.35. The summed E-state index contributed by atoms with van der Waals surface area (Å²) >= 11 is 0. The summed E-state index contributed by atoms with van der Waals surface area (Å²) in [6.07, 6.45) is 13.4. The Morgan fingerprint density at radius 2 is 1.63 bits per heavy atom. The van der Waals surface area contributed by atoms with Crippen LogP contribution < -0.4 is 5.32 Å². The molecule has 1 aliphatic rings. The van der Waals surface area contributed by atoms with Crippen LogP contribution in [0.2, 0.25) is 0 Å². The molecule has 0 saturated carbocycles. The highest BCUT2D eigenvalue weighted by molar-refractivity contribution is 5.59. The average molecular weight is 248 g/mol. The van der Waals surface area contributed by atoms with Gasteiger partial charge in [0.25, 0.3) is 0 Å². The largest absolute Gasteiger partial charge is 0.355 e. The number of nitrogens with zero attached hydrogens (tertiary/aromatic N) is 1. The second-order valence-corrected chi connectivity index (χ2v) is 4.64. The summed E-state index contributed by atoms with van der Waals surface area (Å²) < 4.78 is 0. The summed E-state index contributed by atoms with van der Waals surface area (Å²) in [5, 5.41) is 3.36. The number of anilines is 2. The molecule has 0 radical (unpaired) electrons. The van der Waals surface area contributed by atoms with Gasteiger partial charge in [-0.05, 0) is 36.2 Å². The number of hydrogen-bond acceptors (Lipinski definition) is 2. The van der Waals surface area contributed by atoms with Gasteiger partial charge in [0.05, 0.1) is 0 Å². The van der Waals surface area contributed by atoms with Crippen LogP contribution in [0.1, 0.15) is 17.9 Å². The first kappa shape index (κ1) is 11.7. The number of nitrogens with one attached hydrogen (secondary N) is 1. The molecule has 0 fully saturated rings. The van der Waals surface area contributed by atoms with E-state index in [0.717, 1.165) is 17.8 Å². The molecular weight excluding hydrogens is 232 g/mol. The predicted molar refractivity (Wildman–Crippen MR) is 79.6 cm³/mol. The first-order valence-corrected chi connectivity index (χ1v) is 6.52. The van der Waals surface area contributed by atoms with Crippen LogP contribution in [0, 0.1) is 0 Å². The van der Waals surface area contributed by atoms with Crippen LogP contribution in [0.3, 0.4) is 0 Å². The minimum atomic E-state index is 0.514. The Morgan fingerprint density at radius 3 is 2.32 bits per heavy atom. The molecule has 1 atom stereocenters. The van der Waals surface area contributed by atoms with Gasteiger partial charge >= 0.3 is 0 Å². The third-order valence-corrected chi connectivity index (χ3v) is 3.29. The van der Waals surface area contributed by atoms with Crippen LogP contribution in [-0.2, 0) is 0 Å². The topological polar surface area (TPSA) is 24.9 Å². The highest BCUT2D eigenvalue weighted by atomic mass is 14.9. The van der Waals surface area contributed by atoms with E-state index < -0.39 is 0 Å². The molecule has 1 aliphatic carbocycles. The number of benzene rings is 1. The van der Waals surface area contributed by atoms with Crippen molar-refractivity contribution in [3.8, 4) is 0 Å². The minimum absolute atomic E-state index is 0.514. The molecule has 0 aliphatic heterocycles.